The molecule has 204 valence electrons. The number of hydrogen-bond acceptors (Lipinski definition) is 8. The second kappa shape index (κ2) is 12.1. The lowest BCUT2D eigenvalue weighted by molar-refractivity contribution is 0.262. The van der Waals surface area contributed by atoms with Gasteiger partial charge in [-0.1, -0.05) is 6.07 Å². The van der Waals surface area contributed by atoms with Crippen LogP contribution >= 0.6 is 0 Å². The van der Waals surface area contributed by atoms with E-state index in [1.165, 1.54) is 21.3 Å². The third kappa shape index (κ3) is 5.69. The number of rotatable bonds is 10. The molecule has 0 atom stereocenters. The van der Waals surface area contributed by atoms with Gasteiger partial charge in [0.25, 0.3) is 0 Å². The second-order valence-corrected chi connectivity index (χ2v) is 8.35. The summed E-state index contributed by atoms with van der Waals surface area (Å²) in [5.74, 6) is 3.12. The van der Waals surface area contributed by atoms with Gasteiger partial charge in [-0.2, -0.15) is 0 Å². The van der Waals surface area contributed by atoms with Crippen LogP contribution in [0.2, 0.25) is 0 Å². The van der Waals surface area contributed by atoms with Gasteiger partial charge in [0.15, 0.2) is 34.5 Å². The van der Waals surface area contributed by atoms with E-state index in [1.54, 1.807) is 51.8 Å². The minimum Gasteiger partial charge on any atom is -0.493 e. The van der Waals surface area contributed by atoms with Gasteiger partial charge >= 0.3 is 6.03 Å². The van der Waals surface area contributed by atoms with Gasteiger partial charge in [0, 0.05) is 29.8 Å². The zero-order valence-electron chi connectivity index (χ0n) is 22.7. The molecule has 2 N–H and O–H groups in total. The lowest BCUT2D eigenvalue weighted by Gasteiger charge is -2.19. The Morgan fingerprint density at radius 2 is 1.33 bits per heavy atom. The summed E-state index contributed by atoms with van der Waals surface area (Å²) in [6.07, 6.45) is 2.13. The minimum absolute atomic E-state index is 0.386. The molecular formula is C29H31N3O7. The predicted octanol–water partition coefficient (Wildman–Crippen LogP) is 5.52. The number of anilines is 2. The van der Waals surface area contributed by atoms with Crippen molar-refractivity contribution in [3.63, 3.8) is 0 Å². The Hall–Kier alpha value is -4.86. The molecule has 0 bridgehead atoms. The van der Waals surface area contributed by atoms with Gasteiger partial charge in [-0.3, -0.25) is 4.98 Å². The lowest BCUT2D eigenvalue weighted by Crippen LogP contribution is -2.21. The molecule has 0 fully saturated rings. The monoisotopic (exact) mass is 533 g/mol. The molecule has 0 saturated carbocycles. The number of carbonyl (C=O) groups excluding carboxylic acids is 1. The number of carbonyl (C=O) groups is 1. The van der Waals surface area contributed by atoms with E-state index in [0.717, 1.165) is 22.0 Å². The molecule has 10 heteroatoms. The highest BCUT2D eigenvalue weighted by Crippen LogP contribution is 2.40. The van der Waals surface area contributed by atoms with Crippen molar-refractivity contribution in [1.29, 1.82) is 0 Å². The standard InChI is InChI=1S/C29H31N3O7/c1-34-22-10-8-19(15-25(22)37-4)31-29(33)32-27-18(7-9-23(35-2)28(27)39-6)13-21-20-16-26(38-5)24(36-3)14-17(20)11-12-30-21/h7-12,14-16H,13H2,1-6H3,(H2,31,32,33). The highest BCUT2D eigenvalue weighted by molar-refractivity contribution is 6.02. The molecule has 0 saturated heterocycles. The molecule has 0 spiro atoms. The molecule has 1 aromatic heterocycles. The summed E-state index contributed by atoms with van der Waals surface area (Å²) >= 11 is 0. The van der Waals surface area contributed by atoms with Crippen LogP contribution in [-0.4, -0.2) is 53.7 Å². The van der Waals surface area contributed by atoms with Crippen LogP contribution in [-0.2, 0) is 6.42 Å². The Bertz CT molecular complexity index is 1490. The predicted molar refractivity (Wildman–Crippen MR) is 149 cm³/mol. The van der Waals surface area contributed by atoms with Crippen LogP contribution in [0.25, 0.3) is 10.8 Å². The van der Waals surface area contributed by atoms with Crippen LogP contribution < -0.4 is 39.1 Å². The van der Waals surface area contributed by atoms with Crippen molar-refractivity contribution in [2.45, 2.75) is 6.42 Å². The van der Waals surface area contributed by atoms with E-state index in [1.807, 2.05) is 24.3 Å². The molecule has 0 unspecified atom stereocenters. The normalized spacial score (nSPS) is 10.5. The molecule has 10 nitrogen and oxygen atoms in total. The van der Waals surface area contributed by atoms with E-state index in [-0.39, 0.29) is 0 Å². The number of aromatic nitrogens is 1. The van der Waals surface area contributed by atoms with E-state index < -0.39 is 6.03 Å². The van der Waals surface area contributed by atoms with Gasteiger partial charge in [0.05, 0.1) is 54.0 Å². The number of pyridine rings is 1. The number of nitrogens with one attached hydrogen (secondary N) is 2. The Balaban J connectivity index is 1.71. The molecule has 4 rings (SSSR count). The number of urea groups is 1. The maximum absolute atomic E-state index is 13.1. The van der Waals surface area contributed by atoms with Crippen molar-refractivity contribution in [2.24, 2.45) is 0 Å². The number of fused-ring (bicyclic) bond motifs is 1. The molecule has 4 aromatic rings. The highest BCUT2D eigenvalue weighted by Gasteiger charge is 2.20. The van der Waals surface area contributed by atoms with E-state index in [9.17, 15) is 4.79 Å². The smallest absolute Gasteiger partial charge is 0.323 e. The Kier molecular flexibility index (Phi) is 8.45. The fraction of sp³-hybridized carbons (Fsp3) is 0.241. The Morgan fingerprint density at radius 1 is 0.692 bits per heavy atom. The first-order valence-electron chi connectivity index (χ1n) is 12.0. The third-order valence-corrected chi connectivity index (χ3v) is 6.22. The molecule has 1 heterocycles. The van der Waals surface area contributed by atoms with Crippen molar-refractivity contribution in [3.05, 3.63) is 66.0 Å². The van der Waals surface area contributed by atoms with Gasteiger partial charge in [-0.25, -0.2) is 4.79 Å². The van der Waals surface area contributed by atoms with Crippen molar-refractivity contribution in [2.75, 3.05) is 53.3 Å². The van der Waals surface area contributed by atoms with Gasteiger partial charge in [-0.05, 0) is 47.3 Å². The zero-order chi connectivity index (χ0) is 27.9. The first-order valence-corrected chi connectivity index (χ1v) is 12.0. The molecule has 2 amide bonds. The summed E-state index contributed by atoms with van der Waals surface area (Å²) in [5.41, 5.74) is 2.52. The molecule has 3 aromatic carbocycles. The maximum Gasteiger partial charge on any atom is 0.323 e. The van der Waals surface area contributed by atoms with E-state index >= 15 is 0 Å². The van der Waals surface area contributed by atoms with Gasteiger partial charge < -0.3 is 39.1 Å². The fourth-order valence-corrected chi connectivity index (χ4v) is 4.32. The molecular weight excluding hydrogens is 502 g/mol. The van der Waals surface area contributed by atoms with E-state index in [2.05, 4.69) is 15.6 Å². The first kappa shape index (κ1) is 27.2. The summed E-state index contributed by atoms with van der Waals surface area (Å²) in [6.45, 7) is 0. The van der Waals surface area contributed by atoms with Gasteiger partial charge in [0.2, 0.25) is 0 Å². The van der Waals surface area contributed by atoms with Crippen molar-refractivity contribution < 1.29 is 33.2 Å². The van der Waals surface area contributed by atoms with Crippen molar-refractivity contribution in [3.8, 4) is 34.5 Å². The SMILES string of the molecule is COc1ccc(NC(=O)Nc2c(Cc3nccc4cc(OC)c(OC)cc34)ccc(OC)c2OC)cc1OC. The third-order valence-electron chi connectivity index (χ3n) is 6.22. The number of benzene rings is 3. The van der Waals surface area contributed by atoms with Crippen LogP contribution in [0, 0.1) is 0 Å². The maximum atomic E-state index is 13.1. The molecule has 0 aliphatic heterocycles. The number of nitrogens with zero attached hydrogens (tertiary/aromatic N) is 1. The number of hydrogen-bond donors (Lipinski definition) is 2. The van der Waals surface area contributed by atoms with Crippen molar-refractivity contribution >= 4 is 28.2 Å². The van der Waals surface area contributed by atoms with Crippen LogP contribution in [0.4, 0.5) is 16.2 Å². The van der Waals surface area contributed by atoms with Crippen molar-refractivity contribution in [1.82, 2.24) is 4.98 Å². The summed E-state index contributed by atoms with van der Waals surface area (Å²) in [6, 6.07) is 14.0. The van der Waals surface area contributed by atoms with Crippen LogP contribution in [0.3, 0.4) is 0 Å². The summed E-state index contributed by atoms with van der Waals surface area (Å²) in [5, 5.41) is 7.59. The summed E-state index contributed by atoms with van der Waals surface area (Å²) in [7, 11) is 9.32. The molecule has 0 aliphatic rings. The van der Waals surface area contributed by atoms with Gasteiger partial charge in [-0.15, -0.1) is 0 Å². The average molecular weight is 534 g/mol. The lowest BCUT2D eigenvalue weighted by atomic mass is 10.0. The summed E-state index contributed by atoms with van der Waals surface area (Å²) in [4.78, 5) is 17.8. The van der Waals surface area contributed by atoms with E-state index in [0.29, 0.717) is 52.3 Å². The second-order valence-electron chi connectivity index (χ2n) is 8.35. The quantitative estimate of drug-likeness (QED) is 0.274. The molecule has 0 aliphatic carbocycles. The van der Waals surface area contributed by atoms with Crippen LogP contribution in [0.5, 0.6) is 34.5 Å². The van der Waals surface area contributed by atoms with E-state index in [4.69, 9.17) is 28.4 Å². The summed E-state index contributed by atoms with van der Waals surface area (Å²) < 4.78 is 32.7. The average Bonchev–Trinajstić information content (AvgIpc) is 2.96. The minimum atomic E-state index is -0.479. The fourth-order valence-electron chi connectivity index (χ4n) is 4.32. The molecule has 39 heavy (non-hydrogen) atoms. The van der Waals surface area contributed by atoms with Crippen LogP contribution in [0.1, 0.15) is 11.3 Å². The highest BCUT2D eigenvalue weighted by atomic mass is 16.5. The number of methoxy groups -OCH3 is 6. The Morgan fingerprint density at radius 3 is 2.00 bits per heavy atom. The Labute approximate surface area is 226 Å². The van der Waals surface area contributed by atoms with Gasteiger partial charge in [0.1, 0.15) is 0 Å². The largest absolute Gasteiger partial charge is 0.493 e. The zero-order valence-corrected chi connectivity index (χ0v) is 22.7. The molecule has 0 radical (unpaired) electrons. The number of ether oxygens (including phenoxy) is 6. The van der Waals surface area contributed by atoms with Crippen LogP contribution in [0.15, 0.2) is 54.7 Å². The number of amides is 2. The topological polar surface area (TPSA) is 109 Å². The first-order chi connectivity index (χ1) is 19.0.